The Labute approximate surface area is 106 Å². The lowest BCUT2D eigenvalue weighted by Crippen LogP contribution is -2.30. The van der Waals surface area contributed by atoms with Crippen molar-refractivity contribution >= 4 is 0 Å². The Balaban J connectivity index is 2.48. The molecule has 0 aromatic heterocycles. The smallest absolute Gasteiger partial charge is 0.319 e. The van der Waals surface area contributed by atoms with Gasteiger partial charge in [-0.1, -0.05) is 24.3 Å². The van der Waals surface area contributed by atoms with Crippen LogP contribution in [0.4, 0.5) is 13.2 Å². The summed E-state index contributed by atoms with van der Waals surface area (Å²) in [5, 5.41) is 3.06. The van der Waals surface area contributed by atoms with Gasteiger partial charge in [0.2, 0.25) is 0 Å². The molecule has 102 valence electrons. The van der Waals surface area contributed by atoms with Gasteiger partial charge in [0.15, 0.2) is 0 Å². The molecule has 0 radical (unpaired) electrons. The number of alkyl halides is 3. The topological polar surface area (TPSA) is 15.3 Å². The second-order valence-electron chi connectivity index (χ2n) is 4.46. The monoisotopic (exact) mass is 260 g/mol. The van der Waals surface area contributed by atoms with Crippen molar-refractivity contribution in [1.82, 2.24) is 10.2 Å². The Hall–Kier alpha value is -1.07. The molecule has 0 saturated heterocycles. The summed E-state index contributed by atoms with van der Waals surface area (Å²) in [7, 11) is 3.36. The van der Waals surface area contributed by atoms with E-state index in [9.17, 15) is 13.2 Å². The first-order chi connectivity index (χ1) is 8.40. The van der Waals surface area contributed by atoms with E-state index >= 15 is 0 Å². The van der Waals surface area contributed by atoms with E-state index in [1.54, 1.807) is 0 Å². The van der Waals surface area contributed by atoms with Crippen LogP contribution in [0.15, 0.2) is 24.3 Å². The number of benzene rings is 1. The molecule has 0 amide bonds. The van der Waals surface area contributed by atoms with E-state index in [-0.39, 0.29) is 0 Å². The quantitative estimate of drug-likeness (QED) is 0.845. The van der Waals surface area contributed by atoms with Crippen molar-refractivity contribution < 1.29 is 13.2 Å². The van der Waals surface area contributed by atoms with Crippen LogP contribution in [0.5, 0.6) is 0 Å². The largest absolute Gasteiger partial charge is 0.401 e. The molecule has 0 bridgehead atoms. The molecular formula is C13H19F3N2. The van der Waals surface area contributed by atoms with Crippen molar-refractivity contribution in [3.63, 3.8) is 0 Å². The summed E-state index contributed by atoms with van der Waals surface area (Å²) < 4.78 is 36.5. The molecule has 1 aromatic carbocycles. The van der Waals surface area contributed by atoms with Crippen molar-refractivity contribution in [2.45, 2.75) is 19.1 Å². The van der Waals surface area contributed by atoms with Gasteiger partial charge in [-0.2, -0.15) is 13.2 Å². The minimum Gasteiger partial charge on any atom is -0.319 e. The highest BCUT2D eigenvalue weighted by Gasteiger charge is 2.28. The molecule has 0 spiro atoms. The van der Waals surface area contributed by atoms with Crippen LogP contribution >= 0.6 is 0 Å². The van der Waals surface area contributed by atoms with Gasteiger partial charge in [-0.3, -0.25) is 4.90 Å². The minimum absolute atomic E-state index is 0.311. The fourth-order valence-electron chi connectivity index (χ4n) is 1.75. The molecule has 2 nitrogen and oxygen atoms in total. The Morgan fingerprint density at radius 1 is 1.11 bits per heavy atom. The molecule has 0 atom stereocenters. The van der Waals surface area contributed by atoms with Crippen molar-refractivity contribution in [1.29, 1.82) is 0 Å². The molecule has 5 heteroatoms. The highest BCUT2D eigenvalue weighted by atomic mass is 19.4. The second kappa shape index (κ2) is 6.75. The summed E-state index contributed by atoms with van der Waals surface area (Å²) in [6.07, 6.45) is -3.21. The number of halogens is 3. The zero-order chi connectivity index (χ0) is 13.6. The standard InChI is InChI=1S/C13H19F3N2/c1-17-8-7-11-3-5-12(6-4-11)9-18(2)10-13(14,15)16/h3-6,17H,7-10H2,1-2H3. The first-order valence-corrected chi connectivity index (χ1v) is 5.88. The number of nitrogens with zero attached hydrogens (tertiary/aromatic N) is 1. The van der Waals surface area contributed by atoms with E-state index in [4.69, 9.17) is 0 Å². The number of hydrogen-bond acceptors (Lipinski definition) is 2. The van der Waals surface area contributed by atoms with Crippen LogP contribution in [0.3, 0.4) is 0 Å². The van der Waals surface area contributed by atoms with Crippen LogP contribution in [-0.4, -0.2) is 38.3 Å². The predicted molar refractivity (Wildman–Crippen MR) is 66.5 cm³/mol. The molecule has 1 rings (SSSR count). The average Bonchev–Trinajstić information content (AvgIpc) is 2.25. The Bertz CT molecular complexity index is 346. The molecule has 0 aliphatic carbocycles. The van der Waals surface area contributed by atoms with E-state index in [0.717, 1.165) is 18.5 Å². The summed E-state index contributed by atoms with van der Waals surface area (Å²) in [5.74, 6) is 0. The first-order valence-electron chi connectivity index (χ1n) is 5.88. The van der Waals surface area contributed by atoms with Gasteiger partial charge < -0.3 is 5.32 Å². The molecule has 0 saturated carbocycles. The van der Waals surface area contributed by atoms with Crippen molar-refractivity contribution in [3.8, 4) is 0 Å². The predicted octanol–water partition coefficient (Wildman–Crippen LogP) is 2.44. The van der Waals surface area contributed by atoms with E-state index in [2.05, 4.69) is 5.32 Å². The minimum atomic E-state index is -4.14. The van der Waals surface area contributed by atoms with Crippen molar-refractivity contribution in [3.05, 3.63) is 35.4 Å². The molecule has 0 aliphatic heterocycles. The highest BCUT2D eigenvalue weighted by molar-refractivity contribution is 5.22. The Kier molecular flexibility index (Phi) is 5.62. The maximum atomic E-state index is 12.2. The normalized spacial score (nSPS) is 12.1. The van der Waals surface area contributed by atoms with Crippen LogP contribution in [0.2, 0.25) is 0 Å². The molecule has 0 heterocycles. The van der Waals surface area contributed by atoms with Gasteiger partial charge >= 0.3 is 6.18 Å². The third-order valence-corrected chi connectivity index (χ3v) is 2.59. The number of rotatable bonds is 6. The van der Waals surface area contributed by atoms with Gasteiger partial charge in [-0.25, -0.2) is 0 Å². The molecule has 0 aliphatic rings. The third kappa shape index (κ3) is 6.02. The second-order valence-corrected chi connectivity index (χ2v) is 4.46. The fraction of sp³-hybridized carbons (Fsp3) is 0.538. The number of likely N-dealkylation sites (N-methyl/N-ethyl adjacent to an activating group) is 1. The van der Waals surface area contributed by atoms with E-state index in [0.29, 0.717) is 6.54 Å². The lowest BCUT2D eigenvalue weighted by Gasteiger charge is -2.18. The average molecular weight is 260 g/mol. The van der Waals surface area contributed by atoms with E-state index in [1.807, 2.05) is 31.3 Å². The first kappa shape index (κ1) is 15.0. The van der Waals surface area contributed by atoms with Gasteiger partial charge in [0.1, 0.15) is 0 Å². The zero-order valence-electron chi connectivity index (χ0n) is 10.7. The molecule has 0 fully saturated rings. The maximum absolute atomic E-state index is 12.2. The summed E-state index contributed by atoms with van der Waals surface area (Å²) >= 11 is 0. The van der Waals surface area contributed by atoms with Gasteiger partial charge in [0, 0.05) is 6.54 Å². The van der Waals surface area contributed by atoms with Crippen LogP contribution in [0.1, 0.15) is 11.1 Å². The van der Waals surface area contributed by atoms with Crippen LogP contribution < -0.4 is 5.32 Å². The van der Waals surface area contributed by atoms with Crippen molar-refractivity contribution in [2.75, 3.05) is 27.2 Å². The molecule has 1 aromatic rings. The van der Waals surface area contributed by atoms with Gasteiger partial charge in [-0.15, -0.1) is 0 Å². The van der Waals surface area contributed by atoms with Crippen LogP contribution in [-0.2, 0) is 13.0 Å². The maximum Gasteiger partial charge on any atom is 0.401 e. The number of hydrogen-bond donors (Lipinski definition) is 1. The fourth-order valence-corrected chi connectivity index (χ4v) is 1.75. The van der Waals surface area contributed by atoms with Gasteiger partial charge in [0.25, 0.3) is 0 Å². The van der Waals surface area contributed by atoms with Gasteiger partial charge in [0.05, 0.1) is 6.54 Å². The SMILES string of the molecule is CNCCc1ccc(CN(C)CC(F)(F)F)cc1. The summed E-state index contributed by atoms with van der Waals surface area (Å²) in [4.78, 5) is 1.27. The number of nitrogens with one attached hydrogen (secondary N) is 1. The molecular weight excluding hydrogens is 241 g/mol. The third-order valence-electron chi connectivity index (χ3n) is 2.59. The summed E-state index contributed by atoms with van der Waals surface area (Å²) in [6, 6.07) is 7.71. The highest BCUT2D eigenvalue weighted by Crippen LogP contribution is 2.17. The van der Waals surface area contributed by atoms with E-state index in [1.165, 1.54) is 17.5 Å². The van der Waals surface area contributed by atoms with E-state index < -0.39 is 12.7 Å². The lowest BCUT2D eigenvalue weighted by atomic mass is 10.1. The van der Waals surface area contributed by atoms with Gasteiger partial charge in [-0.05, 0) is 38.2 Å². The zero-order valence-corrected chi connectivity index (χ0v) is 10.7. The van der Waals surface area contributed by atoms with Crippen molar-refractivity contribution in [2.24, 2.45) is 0 Å². The Morgan fingerprint density at radius 2 is 1.67 bits per heavy atom. The van der Waals surface area contributed by atoms with Crippen LogP contribution in [0, 0.1) is 0 Å². The lowest BCUT2D eigenvalue weighted by molar-refractivity contribution is -0.144. The summed E-state index contributed by atoms with van der Waals surface area (Å²) in [5.41, 5.74) is 2.08. The molecule has 0 unspecified atom stereocenters. The molecule has 18 heavy (non-hydrogen) atoms. The Morgan fingerprint density at radius 3 is 2.17 bits per heavy atom. The molecule has 1 N–H and O–H groups in total. The van der Waals surface area contributed by atoms with Crippen LogP contribution in [0.25, 0.3) is 0 Å². The summed E-state index contributed by atoms with van der Waals surface area (Å²) in [6.45, 7) is 0.327.